The number of carbonyl (C=O) groups excluding carboxylic acids is 2. The third-order valence-corrected chi connectivity index (χ3v) is 5.54. The molecule has 35 heavy (non-hydrogen) atoms. The van der Waals surface area contributed by atoms with Crippen molar-refractivity contribution in [3.63, 3.8) is 0 Å². The van der Waals surface area contributed by atoms with E-state index in [0.717, 1.165) is 33.4 Å². The summed E-state index contributed by atoms with van der Waals surface area (Å²) in [6, 6.07) is 18.5. The highest BCUT2D eigenvalue weighted by Crippen LogP contribution is 2.37. The number of anilines is 2. The van der Waals surface area contributed by atoms with Crippen molar-refractivity contribution in [1.29, 1.82) is 0 Å². The van der Waals surface area contributed by atoms with E-state index in [1.807, 2.05) is 43.3 Å². The zero-order chi connectivity index (χ0) is 24.9. The molecular formula is C28H26N2O5. The fourth-order valence-electron chi connectivity index (χ4n) is 3.82. The van der Waals surface area contributed by atoms with E-state index in [9.17, 15) is 9.59 Å². The Hall–Kier alpha value is -4.52. The van der Waals surface area contributed by atoms with E-state index in [2.05, 4.69) is 10.6 Å². The number of ether oxygens (including phenoxy) is 2. The molecule has 0 radical (unpaired) electrons. The van der Waals surface area contributed by atoms with E-state index >= 15 is 0 Å². The Kier molecular flexibility index (Phi) is 6.87. The van der Waals surface area contributed by atoms with Crippen LogP contribution < -0.4 is 20.1 Å². The van der Waals surface area contributed by atoms with Crippen molar-refractivity contribution in [3.05, 3.63) is 78.6 Å². The summed E-state index contributed by atoms with van der Waals surface area (Å²) >= 11 is 0. The van der Waals surface area contributed by atoms with Crippen LogP contribution in [0.25, 0.3) is 27.7 Å². The van der Waals surface area contributed by atoms with Gasteiger partial charge in [0.25, 0.3) is 0 Å². The van der Waals surface area contributed by atoms with E-state index in [0.29, 0.717) is 22.7 Å². The summed E-state index contributed by atoms with van der Waals surface area (Å²) in [5, 5.41) is 6.45. The molecule has 0 atom stereocenters. The molecule has 1 aromatic heterocycles. The van der Waals surface area contributed by atoms with Gasteiger partial charge in [-0.2, -0.15) is 0 Å². The van der Waals surface area contributed by atoms with Gasteiger partial charge in [0.2, 0.25) is 11.8 Å². The molecule has 7 nitrogen and oxygen atoms in total. The van der Waals surface area contributed by atoms with Gasteiger partial charge >= 0.3 is 0 Å². The lowest BCUT2D eigenvalue weighted by Crippen LogP contribution is -2.09. The molecule has 0 aliphatic rings. The average molecular weight is 471 g/mol. The molecule has 7 heteroatoms. The molecular weight excluding hydrogens is 444 g/mol. The molecule has 178 valence electrons. The van der Waals surface area contributed by atoms with Crippen molar-refractivity contribution < 1.29 is 23.5 Å². The summed E-state index contributed by atoms with van der Waals surface area (Å²) < 4.78 is 16.6. The Morgan fingerprint density at radius 2 is 1.51 bits per heavy atom. The fraction of sp³-hybridized carbons (Fsp3) is 0.143. The second kappa shape index (κ2) is 10.2. The van der Waals surface area contributed by atoms with Gasteiger partial charge in [0.15, 0.2) is 0 Å². The number of rotatable bonds is 7. The van der Waals surface area contributed by atoms with Crippen LogP contribution in [0.2, 0.25) is 0 Å². The topological polar surface area (TPSA) is 89.8 Å². The van der Waals surface area contributed by atoms with Crippen molar-refractivity contribution >= 4 is 39.7 Å². The number of nitrogens with one attached hydrogen (secondary N) is 2. The van der Waals surface area contributed by atoms with Crippen molar-refractivity contribution in [3.8, 4) is 22.6 Å². The van der Waals surface area contributed by atoms with E-state index in [1.54, 1.807) is 44.7 Å². The molecule has 0 unspecified atom stereocenters. The predicted molar refractivity (Wildman–Crippen MR) is 138 cm³/mol. The highest BCUT2D eigenvalue weighted by molar-refractivity contribution is 6.05. The first-order valence-corrected chi connectivity index (χ1v) is 11.0. The van der Waals surface area contributed by atoms with Gasteiger partial charge < -0.3 is 24.5 Å². The summed E-state index contributed by atoms with van der Waals surface area (Å²) in [6.45, 7) is 3.30. The van der Waals surface area contributed by atoms with Gasteiger partial charge in [-0.1, -0.05) is 12.1 Å². The lowest BCUT2D eigenvalue weighted by molar-refractivity contribution is -0.114. The monoisotopic (exact) mass is 470 g/mol. The van der Waals surface area contributed by atoms with Crippen LogP contribution in [-0.2, 0) is 9.59 Å². The molecule has 0 saturated carbocycles. The number of fused-ring (bicyclic) bond motifs is 1. The minimum atomic E-state index is -0.278. The highest BCUT2D eigenvalue weighted by Gasteiger charge is 2.15. The Morgan fingerprint density at radius 3 is 2.11 bits per heavy atom. The maximum atomic E-state index is 12.7. The maximum Gasteiger partial charge on any atom is 0.248 e. The molecule has 2 N–H and O–H groups in total. The van der Waals surface area contributed by atoms with Gasteiger partial charge in [-0.3, -0.25) is 9.59 Å². The van der Waals surface area contributed by atoms with Gasteiger partial charge in [0.1, 0.15) is 17.1 Å². The Bertz CT molecular complexity index is 1400. The second-order valence-electron chi connectivity index (χ2n) is 8.00. The zero-order valence-electron chi connectivity index (χ0n) is 20.0. The first kappa shape index (κ1) is 23.6. The Morgan fingerprint density at radius 1 is 0.857 bits per heavy atom. The maximum absolute atomic E-state index is 12.7. The van der Waals surface area contributed by atoms with Crippen molar-refractivity contribution in [2.24, 2.45) is 0 Å². The number of hydrogen-bond acceptors (Lipinski definition) is 5. The first-order chi connectivity index (χ1) is 16.9. The molecule has 1 heterocycles. The third-order valence-electron chi connectivity index (χ3n) is 5.54. The van der Waals surface area contributed by atoms with Crippen LogP contribution >= 0.6 is 0 Å². The SMILES string of the molecule is COc1ccc(-c2coc3cc(OC)c(/C(C)=C/C(=O)Nc4ccc(NC(C)=O)cc4)cc23)cc1. The largest absolute Gasteiger partial charge is 0.497 e. The number of carbonyl (C=O) groups is 2. The van der Waals surface area contributed by atoms with Crippen LogP contribution in [0.15, 0.2) is 77.4 Å². The Balaban J connectivity index is 1.61. The summed E-state index contributed by atoms with van der Waals surface area (Å²) in [6.07, 6.45) is 3.24. The third kappa shape index (κ3) is 5.35. The predicted octanol–water partition coefficient (Wildman–Crippen LogP) is 6.12. The first-order valence-electron chi connectivity index (χ1n) is 11.0. The number of benzene rings is 3. The summed E-state index contributed by atoms with van der Waals surface area (Å²) in [5.74, 6) is 0.950. The minimum absolute atomic E-state index is 0.154. The van der Waals surface area contributed by atoms with Gasteiger partial charge in [0, 0.05) is 47.0 Å². The summed E-state index contributed by atoms with van der Waals surface area (Å²) in [7, 11) is 3.22. The van der Waals surface area contributed by atoms with Gasteiger partial charge in [0.05, 0.1) is 20.5 Å². The van der Waals surface area contributed by atoms with Crippen molar-refractivity contribution in [2.45, 2.75) is 13.8 Å². The molecule has 0 spiro atoms. The second-order valence-corrected chi connectivity index (χ2v) is 8.00. The quantitative estimate of drug-likeness (QED) is 0.318. The van der Waals surface area contributed by atoms with E-state index in [1.165, 1.54) is 13.0 Å². The average Bonchev–Trinajstić information content (AvgIpc) is 3.27. The number of furan rings is 1. The van der Waals surface area contributed by atoms with Crippen LogP contribution in [0.3, 0.4) is 0 Å². The minimum Gasteiger partial charge on any atom is -0.497 e. The molecule has 4 aromatic rings. The normalized spacial score (nSPS) is 11.3. The molecule has 0 saturated heterocycles. The van der Waals surface area contributed by atoms with Gasteiger partial charge in [-0.25, -0.2) is 0 Å². The zero-order valence-corrected chi connectivity index (χ0v) is 20.0. The summed E-state index contributed by atoms with van der Waals surface area (Å²) in [5.41, 5.74) is 5.41. The fourth-order valence-corrected chi connectivity index (χ4v) is 3.82. The van der Waals surface area contributed by atoms with Crippen LogP contribution in [0, 0.1) is 0 Å². The van der Waals surface area contributed by atoms with E-state index in [4.69, 9.17) is 13.9 Å². The van der Waals surface area contributed by atoms with E-state index < -0.39 is 0 Å². The number of hydrogen-bond donors (Lipinski definition) is 2. The molecule has 0 aliphatic heterocycles. The molecule has 4 rings (SSSR count). The van der Waals surface area contributed by atoms with Crippen LogP contribution in [0.4, 0.5) is 11.4 Å². The number of allylic oxidation sites excluding steroid dienone is 1. The van der Waals surface area contributed by atoms with Crippen LogP contribution in [-0.4, -0.2) is 26.0 Å². The lowest BCUT2D eigenvalue weighted by Gasteiger charge is -2.10. The van der Waals surface area contributed by atoms with Crippen molar-refractivity contribution in [1.82, 2.24) is 0 Å². The molecule has 3 aromatic carbocycles. The molecule has 0 bridgehead atoms. The van der Waals surface area contributed by atoms with Gasteiger partial charge in [-0.05, 0) is 60.5 Å². The highest BCUT2D eigenvalue weighted by atomic mass is 16.5. The summed E-state index contributed by atoms with van der Waals surface area (Å²) in [4.78, 5) is 23.9. The van der Waals surface area contributed by atoms with Crippen LogP contribution in [0.5, 0.6) is 11.5 Å². The van der Waals surface area contributed by atoms with Crippen LogP contribution in [0.1, 0.15) is 19.4 Å². The Labute approximate surface area is 203 Å². The van der Waals surface area contributed by atoms with E-state index in [-0.39, 0.29) is 11.8 Å². The molecule has 2 amide bonds. The number of amides is 2. The van der Waals surface area contributed by atoms with Crippen molar-refractivity contribution in [2.75, 3.05) is 24.9 Å². The molecule has 0 fully saturated rings. The standard InChI is InChI=1S/C28H26N2O5/c1-17(13-28(32)30-21-9-7-20(8-10-21)29-18(2)31)23-14-24-25(16-35-27(24)15-26(23)34-4)19-5-11-22(33-3)12-6-19/h5-16H,1-4H3,(H,29,31)(H,30,32)/b17-13+. The lowest BCUT2D eigenvalue weighted by atomic mass is 9.99. The smallest absolute Gasteiger partial charge is 0.248 e. The number of methoxy groups -OCH3 is 2. The van der Waals surface area contributed by atoms with Gasteiger partial charge in [-0.15, -0.1) is 0 Å². The molecule has 0 aliphatic carbocycles.